The summed E-state index contributed by atoms with van der Waals surface area (Å²) in [6.07, 6.45) is 0.763. The number of benzene rings is 2. The minimum absolute atomic E-state index is 0.142. The number of likely N-dealkylation sites (N-methyl/N-ethyl adjacent to an activating group) is 1. The van der Waals surface area contributed by atoms with Crippen LogP contribution < -0.4 is 5.32 Å². The fraction of sp³-hybridized carbons (Fsp3) is 0.333. The second kappa shape index (κ2) is 9.84. The molecule has 160 valence electrons. The van der Waals surface area contributed by atoms with Crippen molar-refractivity contribution >= 4 is 32.9 Å². The number of hydrogen-bond donors (Lipinski definition) is 1. The van der Waals surface area contributed by atoms with Gasteiger partial charge in [-0.3, -0.25) is 10.1 Å². The zero-order chi connectivity index (χ0) is 21.6. The van der Waals surface area contributed by atoms with Crippen LogP contribution in [0.15, 0.2) is 59.5 Å². The Morgan fingerprint density at radius 1 is 1.13 bits per heavy atom. The van der Waals surface area contributed by atoms with Crippen molar-refractivity contribution in [3.05, 3.63) is 54.6 Å². The molecule has 0 aliphatic carbocycles. The number of aryl methyl sites for hydroxylation is 1. The molecule has 30 heavy (non-hydrogen) atoms. The van der Waals surface area contributed by atoms with E-state index in [9.17, 15) is 13.2 Å². The molecule has 8 nitrogen and oxygen atoms in total. The van der Waals surface area contributed by atoms with Crippen LogP contribution >= 0.6 is 0 Å². The van der Waals surface area contributed by atoms with Crippen LogP contribution in [-0.4, -0.2) is 55.0 Å². The van der Waals surface area contributed by atoms with Crippen molar-refractivity contribution in [1.29, 1.82) is 0 Å². The third-order valence-corrected chi connectivity index (χ3v) is 6.42. The maximum absolute atomic E-state index is 12.6. The number of hydrogen-bond acceptors (Lipinski definition) is 5. The Hall–Kier alpha value is -2.75. The molecule has 1 aromatic heterocycles. The van der Waals surface area contributed by atoms with Crippen molar-refractivity contribution < 1.29 is 17.9 Å². The molecule has 0 atom stereocenters. The summed E-state index contributed by atoms with van der Waals surface area (Å²) in [5, 5.41) is 2.76. The summed E-state index contributed by atoms with van der Waals surface area (Å²) in [4.78, 5) is 17.3. The van der Waals surface area contributed by atoms with Gasteiger partial charge in [0.2, 0.25) is 21.9 Å². The van der Waals surface area contributed by atoms with Crippen molar-refractivity contribution in [3.8, 4) is 0 Å². The van der Waals surface area contributed by atoms with Crippen LogP contribution in [0.5, 0.6) is 0 Å². The molecule has 0 saturated carbocycles. The van der Waals surface area contributed by atoms with Crippen LogP contribution in [-0.2, 0) is 26.1 Å². The maximum atomic E-state index is 12.6. The van der Waals surface area contributed by atoms with Crippen LogP contribution in [0.25, 0.3) is 11.0 Å². The van der Waals surface area contributed by atoms with E-state index in [0.717, 1.165) is 21.8 Å². The summed E-state index contributed by atoms with van der Waals surface area (Å²) in [5.41, 5.74) is 1.66. The molecular weight excluding hydrogens is 404 g/mol. The Morgan fingerprint density at radius 3 is 2.57 bits per heavy atom. The first-order valence-electron chi connectivity index (χ1n) is 9.77. The smallest absolute Gasteiger partial charge is 0.243 e. The highest BCUT2D eigenvalue weighted by Crippen LogP contribution is 2.20. The van der Waals surface area contributed by atoms with Gasteiger partial charge in [0.15, 0.2) is 0 Å². The molecule has 1 amide bonds. The van der Waals surface area contributed by atoms with E-state index in [1.54, 1.807) is 18.2 Å². The predicted molar refractivity (Wildman–Crippen MR) is 116 cm³/mol. The number of imidazole rings is 1. The van der Waals surface area contributed by atoms with Crippen LogP contribution in [0.3, 0.4) is 0 Å². The molecule has 0 bridgehead atoms. The Balaban J connectivity index is 1.74. The minimum Gasteiger partial charge on any atom is -0.382 e. The van der Waals surface area contributed by atoms with Crippen molar-refractivity contribution in [2.75, 3.05) is 32.1 Å². The molecule has 3 aromatic rings. The van der Waals surface area contributed by atoms with Crippen LogP contribution in [0.2, 0.25) is 0 Å². The van der Waals surface area contributed by atoms with Gasteiger partial charge in [-0.05, 0) is 37.6 Å². The molecule has 0 spiro atoms. The van der Waals surface area contributed by atoms with E-state index in [1.165, 1.54) is 19.2 Å². The highest BCUT2D eigenvalue weighted by Gasteiger charge is 2.23. The molecule has 3 rings (SSSR count). The summed E-state index contributed by atoms with van der Waals surface area (Å²) >= 11 is 0. The van der Waals surface area contributed by atoms with E-state index in [-0.39, 0.29) is 11.4 Å². The van der Waals surface area contributed by atoms with Gasteiger partial charge in [-0.1, -0.05) is 30.3 Å². The second-order valence-corrected chi connectivity index (χ2v) is 8.79. The predicted octanol–water partition coefficient (Wildman–Crippen LogP) is 2.72. The van der Waals surface area contributed by atoms with E-state index < -0.39 is 15.9 Å². The summed E-state index contributed by atoms with van der Waals surface area (Å²) in [7, 11) is -2.37. The third-order valence-electron chi connectivity index (χ3n) is 4.60. The number of nitrogens with zero attached hydrogens (tertiary/aromatic N) is 3. The number of ether oxygens (including phenoxy) is 1. The first-order chi connectivity index (χ1) is 14.4. The standard InChI is InChI=1S/C21H26N4O4S/c1-3-29-15-9-14-25-19-13-8-7-12-18(19)22-21(25)23-20(26)16-24(2)30(27,28)17-10-5-4-6-11-17/h4-8,10-13H,3,9,14-16H2,1-2H3,(H,22,23,26). The van der Waals surface area contributed by atoms with E-state index >= 15 is 0 Å². The molecule has 0 aliphatic rings. The first-order valence-corrected chi connectivity index (χ1v) is 11.2. The van der Waals surface area contributed by atoms with Gasteiger partial charge in [0.25, 0.3) is 0 Å². The van der Waals surface area contributed by atoms with Gasteiger partial charge in [0.1, 0.15) is 0 Å². The van der Waals surface area contributed by atoms with Crippen molar-refractivity contribution in [1.82, 2.24) is 13.9 Å². The van der Waals surface area contributed by atoms with Gasteiger partial charge in [-0.25, -0.2) is 13.4 Å². The van der Waals surface area contributed by atoms with Crippen LogP contribution in [0.4, 0.5) is 5.95 Å². The molecule has 1 heterocycles. The summed E-state index contributed by atoms with van der Waals surface area (Å²) in [5.74, 6) is -0.0680. The monoisotopic (exact) mass is 430 g/mol. The fourth-order valence-corrected chi connectivity index (χ4v) is 4.24. The molecule has 9 heteroatoms. The molecule has 0 radical (unpaired) electrons. The van der Waals surface area contributed by atoms with Crippen molar-refractivity contribution in [2.45, 2.75) is 24.8 Å². The summed E-state index contributed by atoms with van der Waals surface area (Å²) < 4.78 is 33.6. The quantitative estimate of drug-likeness (QED) is 0.499. The average Bonchev–Trinajstić information content (AvgIpc) is 3.08. The highest BCUT2D eigenvalue weighted by atomic mass is 32.2. The SMILES string of the molecule is CCOCCCn1c(NC(=O)CN(C)S(=O)(=O)c2ccccc2)nc2ccccc21. The van der Waals surface area contributed by atoms with Gasteiger partial charge in [0.05, 0.1) is 22.5 Å². The lowest BCUT2D eigenvalue weighted by atomic mass is 10.3. The Bertz CT molecular complexity index is 1100. The number of carbonyl (C=O) groups excluding carboxylic acids is 1. The Labute approximate surface area is 176 Å². The van der Waals surface area contributed by atoms with Gasteiger partial charge < -0.3 is 9.30 Å². The number of amides is 1. The molecule has 2 aromatic carbocycles. The van der Waals surface area contributed by atoms with Crippen molar-refractivity contribution in [3.63, 3.8) is 0 Å². The number of fused-ring (bicyclic) bond motifs is 1. The number of para-hydroxylation sites is 2. The van der Waals surface area contributed by atoms with Gasteiger partial charge in [0, 0.05) is 26.8 Å². The largest absolute Gasteiger partial charge is 0.382 e. The lowest BCUT2D eigenvalue weighted by Gasteiger charge is -2.17. The maximum Gasteiger partial charge on any atom is 0.243 e. The van der Waals surface area contributed by atoms with E-state index in [2.05, 4.69) is 10.3 Å². The van der Waals surface area contributed by atoms with Crippen molar-refractivity contribution in [2.24, 2.45) is 0 Å². The Kier molecular flexibility index (Phi) is 7.20. The van der Waals surface area contributed by atoms with E-state index in [1.807, 2.05) is 35.8 Å². The molecule has 0 fully saturated rings. The number of sulfonamides is 1. The molecule has 0 unspecified atom stereocenters. The number of rotatable bonds is 10. The summed E-state index contributed by atoms with van der Waals surface area (Å²) in [6.45, 7) is 3.50. The minimum atomic E-state index is -3.75. The van der Waals surface area contributed by atoms with E-state index in [0.29, 0.717) is 25.7 Å². The summed E-state index contributed by atoms with van der Waals surface area (Å²) in [6, 6.07) is 15.6. The zero-order valence-electron chi connectivity index (χ0n) is 17.1. The number of aromatic nitrogens is 2. The molecular formula is C21H26N4O4S. The molecule has 0 saturated heterocycles. The normalized spacial score (nSPS) is 11.8. The van der Waals surface area contributed by atoms with Gasteiger partial charge in [-0.2, -0.15) is 4.31 Å². The second-order valence-electron chi connectivity index (χ2n) is 6.75. The van der Waals surface area contributed by atoms with Crippen LogP contribution in [0, 0.1) is 0 Å². The van der Waals surface area contributed by atoms with E-state index in [4.69, 9.17) is 4.74 Å². The lowest BCUT2D eigenvalue weighted by Crippen LogP contribution is -2.35. The third kappa shape index (κ3) is 5.05. The molecule has 1 N–H and O–H groups in total. The molecule has 0 aliphatic heterocycles. The van der Waals surface area contributed by atoms with Gasteiger partial charge >= 0.3 is 0 Å². The zero-order valence-corrected chi connectivity index (χ0v) is 17.9. The topological polar surface area (TPSA) is 93.5 Å². The fourth-order valence-electron chi connectivity index (χ4n) is 3.09. The van der Waals surface area contributed by atoms with Gasteiger partial charge in [-0.15, -0.1) is 0 Å². The highest BCUT2D eigenvalue weighted by molar-refractivity contribution is 7.89. The van der Waals surface area contributed by atoms with Crippen LogP contribution in [0.1, 0.15) is 13.3 Å². The number of anilines is 1. The number of nitrogens with one attached hydrogen (secondary N) is 1. The Morgan fingerprint density at radius 2 is 1.83 bits per heavy atom. The first kappa shape index (κ1) is 21.9. The average molecular weight is 431 g/mol. The number of carbonyl (C=O) groups is 1. The lowest BCUT2D eigenvalue weighted by molar-refractivity contribution is -0.116.